The summed E-state index contributed by atoms with van der Waals surface area (Å²) in [5, 5.41) is 12.2. The highest BCUT2D eigenvalue weighted by molar-refractivity contribution is 5.87. The molecule has 0 amide bonds. The van der Waals surface area contributed by atoms with Gasteiger partial charge in [0.1, 0.15) is 12.4 Å². The Morgan fingerprint density at radius 2 is 2.22 bits per heavy atom. The van der Waals surface area contributed by atoms with Crippen molar-refractivity contribution in [3.05, 3.63) is 29.8 Å². The van der Waals surface area contributed by atoms with E-state index in [0.717, 1.165) is 19.0 Å². The number of nitrogens with one attached hydrogen (secondary N) is 1. The van der Waals surface area contributed by atoms with Gasteiger partial charge in [-0.2, -0.15) is 0 Å². The zero-order valence-corrected chi connectivity index (χ0v) is 10.4. The quantitative estimate of drug-likeness (QED) is 0.693. The van der Waals surface area contributed by atoms with E-state index in [9.17, 15) is 4.79 Å². The van der Waals surface area contributed by atoms with Crippen LogP contribution in [-0.4, -0.2) is 30.8 Å². The number of hydrogen-bond donors (Lipinski definition) is 2. The first-order chi connectivity index (χ1) is 8.75. The number of hydrogen-bond acceptors (Lipinski definition) is 3. The molecule has 1 fully saturated rings. The normalized spacial score (nSPS) is 14.4. The van der Waals surface area contributed by atoms with Gasteiger partial charge in [-0.05, 0) is 37.1 Å². The first-order valence-corrected chi connectivity index (χ1v) is 6.42. The second kappa shape index (κ2) is 6.40. The van der Waals surface area contributed by atoms with Crippen LogP contribution in [0, 0.1) is 5.92 Å². The first kappa shape index (κ1) is 12.9. The predicted molar refractivity (Wildman–Crippen MR) is 69.1 cm³/mol. The minimum atomic E-state index is -0.928. The molecule has 4 heteroatoms. The lowest BCUT2D eigenvalue weighted by atomic mass is 10.2. The molecule has 0 radical (unpaired) electrons. The van der Waals surface area contributed by atoms with Crippen molar-refractivity contribution in [2.45, 2.75) is 19.3 Å². The molecule has 4 nitrogen and oxygen atoms in total. The Morgan fingerprint density at radius 1 is 1.39 bits per heavy atom. The summed E-state index contributed by atoms with van der Waals surface area (Å²) >= 11 is 0. The fraction of sp³-hybridized carbons (Fsp3) is 0.500. The summed E-state index contributed by atoms with van der Waals surface area (Å²) in [5.74, 6) is 0.632. The average molecular weight is 249 g/mol. The highest BCUT2D eigenvalue weighted by atomic mass is 16.5. The molecule has 0 saturated heterocycles. The third-order valence-electron chi connectivity index (χ3n) is 3.05. The van der Waals surface area contributed by atoms with Crippen LogP contribution in [0.3, 0.4) is 0 Å². The Balaban J connectivity index is 1.62. The van der Waals surface area contributed by atoms with E-state index in [0.29, 0.717) is 12.4 Å². The van der Waals surface area contributed by atoms with Crippen molar-refractivity contribution in [3.8, 4) is 5.75 Å². The number of aromatic carboxylic acids is 1. The van der Waals surface area contributed by atoms with Gasteiger partial charge in [0.15, 0.2) is 0 Å². The van der Waals surface area contributed by atoms with E-state index in [2.05, 4.69) is 5.32 Å². The molecule has 1 aliphatic carbocycles. The number of ether oxygens (including phenoxy) is 1. The minimum absolute atomic E-state index is 0.259. The molecule has 98 valence electrons. The molecule has 0 aliphatic heterocycles. The number of carboxylic acids is 1. The van der Waals surface area contributed by atoms with Gasteiger partial charge in [-0.15, -0.1) is 0 Å². The standard InChI is InChI=1S/C14H19NO3/c16-14(17)12-2-1-3-13(10-12)18-9-8-15-7-6-11-4-5-11/h1-3,10-11,15H,4-9H2,(H,16,17). The van der Waals surface area contributed by atoms with Crippen LogP contribution < -0.4 is 10.1 Å². The van der Waals surface area contributed by atoms with Crippen LogP contribution in [0.5, 0.6) is 5.75 Å². The Kier molecular flexibility index (Phi) is 4.59. The van der Waals surface area contributed by atoms with E-state index >= 15 is 0 Å². The smallest absolute Gasteiger partial charge is 0.335 e. The molecule has 0 atom stereocenters. The van der Waals surface area contributed by atoms with Crippen molar-refractivity contribution in [1.82, 2.24) is 5.32 Å². The molecule has 1 aliphatic rings. The Labute approximate surface area is 107 Å². The summed E-state index contributed by atoms with van der Waals surface area (Å²) in [6, 6.07) is 6.57. The van der Waals surface area contributed by atoms with Gasteiger partial charge in [0.05, 0.1) is 5.56 Å². The van der Waals surface area contributed by atoms with Crippen LogP contribution in [-0.2, 0) is 0 Å². The maximum atomic E-state index is 10.8. The monoisotopic (exact) mass is 249 g/mol. The van der Waals surface area contributed by atoms with Crippen molar-refractivity contribution in [1.29, 1.82) is 0 Å². The molecule has 0 heterocycles. The lowest BCUT2D eigenvalue weighted by Gasteiger charge is -2.07. The van der Waals surface area contributed by atoms with Crippen LogP contribution in [0.4, 0.5) is 0 Å². The van der Waals surface area contributed by atoms with Crippen molar-refractivity contribution in [2.75, 3.05) is 19.7 Å². The van der Waals surface area contributed by atoms with E-state index in [1.165, 1.54) is 19.3 Å². The van der Waals surface area contributed by atoms with Gasteiger partial charge in [0.2, 0.25) is 0 Å². The second-order valence-corrected chi connectivity index (χ2v) is 4.66. The molecule has 2 N–H and O–H groups in total. The summed E-state index contributed by atoms with van der Waals surface area (Å²) in [4.78, 5) is 10.8. The van der Waals surface area contributed by atoms with E-state index in [-0.39, 0.29) is 5.56 Å². The van der Waals surface area contributed by atoms with Gasteiger partial charge in [-0.3, -0.25) is 0 Å². The summed E-state index contributed by atoms with van der Waals surface area (Å²) in [6.07, 6.45) is 4.04. The van der Waals surface area contributed by atoms with Crippen LogP contribution >= 0.6 is 0 Å². The SMILES string of the molecule is O=C(O)c1cccc(OCCNCCC2CC2)c1. The van der Waals surface area contributed by atoms with Crippen molar-refractivity contribution < 1.29 is 14.6 Å². The average Bonchev–Trinajstić information content (AvgIpc) is 3.18. The largest absolute Gasteiger partial charge is 0.492 e. The maximum absolute atomic E-state index is 10.8. The van der Waals surface area contributed by atoms with Crippen LogP contribution in [0.1, 0.15) is 29.6 Å². The van der Waals surface area contributed by atoms with Gasteiger partial charge in [0.25, 0.3) is 0 Å². The highest BCUT2D eigenvalue weighted by Crippen LogP contribution is 2.31. The Bertz CT molecular complexity index is 402. The zero-order chi connectivity index (χ0) is 12.8. The number of benzene rings is 1. The number of carboxylic acid groups (broad SMARTS) is 1. The molecular weight excluding hydrogens is 230 g/mol. The van der Waals surface area contributed by atoms with Crippen molar-refractivity contribution >= 4 is 5.97 Å². The fourth-order valence-electron chi connectivity index (χ4n) is 1.80. The third kappa shape index (κ3) is 4.37. The summed E-state index contributed by atoms with van der Waals surface area (Å²) in [7, 11) is 0. The Hall–Kier alpha value is -1.55. The minimum Gasteiger partial charge on any atom is -0.492 e. The van der Waals surface area contributed by atoms with Gasteiger partial charge in [0, 0.05) is 6.54 Å². The van der Waals surface area contributed by atoms with Crippen molar-refractivity contribution in [2.24, 2.45) is 5.92 Å². The zero-order valence-electron chi connectivity index (χ0n) is 10.4. The van der Waals surface area contributed by atoms with Gasteiger partial charge >= 0.3 is 5.97 Å². The molecule has 1 aromatic rings. The maximum Gasteiger partial charge on any atom is 0.335 e. The van der Waals surface area contributed by atoms with Gasteiger partial charge in [-0.1, -0.05) is 18.9 Å². The lowest BCUT2D eigenvalue weighted by molar-refractivity contribution is 0.0696. The molecule has 1 aromatic carbocycles. The highest BCUT2D eigenvalue weighted by Gasteiger charge is 2.19. The van der Waals surface area contributed by atoms with Gasteiger partial charge < -0.3 is 15.2 Å². The molecule has 2 rings (SSSR count). The van der Waals surface area contributed by atoms with E-state index in [1.54, 1.807) is 24.3 Å². The van der Waals surface area contributed by atoms with Gasteiger partial charge in [-0.25, -0.2) is 4.79 Å². The molecular formula is C14H19NO3. The molecule has 0 bridgehead atoms. The van der Waals surface area contributed by atoms with Crippen molar-refractivity contribution in [3.63, 3.8) is 0 Å². The Morgan fingerprint density at radius 3 is 2.94 bits per heavy atom. The molecule has 1 saturated carbocycles. The molecule has 18 heavy (non-hydrogen) atoms. The summed E-state index contributed by atoms with van der Waals surface area (Å²) < 4.78 is 5.49. The number of rotatable bonds is 8. The second-order valence-electron chi connectivity index (χ2n) is 4.66. The van der Waals surface area contributed by atoms with E-state index in [4.69, 9.17) is 9.84 Å². The van der Waals surface area contributed by atoms with E-state index in [1.807, 2.05) is 0 Å². The fourth-order valence-corrected chi connectivity index (χ4v) is 1.80. The topological polar surface area (TPSA) is 58.6 Å². The lowest BCUT2D eigenvalue weighted by Crippen LogP contribution is -2.22. The molecule has 0 unspecified atom stereocenters. The van der Waals surface area contributed by atoms with Crippen LogP contribution in [0.15, 0.2) is 24.3 Å². The molecule has 0 spiro atoms. The number of carbonyl (C=O) groups is 1. The third-order valence-corrected chi connectivity index (χ3v) is 3.05. The van der Waals surface area contributed by atoms with Crippen LogP contribution in [0.2, 0.25) is 0 Å². The molecule has 0 aromatic heterocycles. The summed E-state index contributed by atoms with van der Waals surface area (Å²) in [5.41, 5.74) is 0.259. The van der Waals surface area contributed by atoms with Crippen LogP contribution in [0.25, 0.3) is 0 Å². The first-order valence-electron chi connectivity index (χ1n) is 6.42. The summed E-state index contributed by atoms with van der Waals surface area (Å²) in [6.45, 7) is 2.40. The van der Waals surface area contributed by atoms with E-state index < -0.39 is 5.97 Å². The predicted octanol–water partition coefficient (Wildman–Crippen LogP) is 2.15.